The Balaban J connectivity index is 2.56. The lowest BCUT2D eigenvalue weighted by molar-refractivity contribution is 0.0937. The van der Waals surface area contributed by atoms with Gasteiger partial charge in [-0.1, -0.05) is 0 Å². The Morgan fingerprint density at radius 1 is 1.62 bits per heavy atom. The van der Waals surface area contributed by atoms with Crippen molar-refractivity contribution in [3.8, 4) is 0 Å². The normalized spacial score (nSPS) is 12.2. The molecular formula is C12H19N3O. The molecule has 16 heavy (non-hydrogen) atoms. The number of nitrogens with zero attached hydrogens (tertiary/aromatic N) is 1. The number of carbonyl (C=O) groups excluding carboxylic acids is 1. The zero-order valence-corrected chi connectivity index (χ0v) is 9.86. The highest BCUT2D eigenvalue weighted by Crippen LogP contribution is 2.04. The molecule has 1 atom stereocenters. The zero-order chi connectivity index (χ0) is 12.0. The first-order valence-corrected chi connectivity index (χ1v) is 5.57. The average molecular weight is 221 g/mol. The van der Waals surface area contributed by atoms with E-state index >= 15 is 0 Å². The van der Waals surface area contributed by atoms with Gasteiger partial charge >= 0.3 is 0 Å². The number of carbonyl (C=O) groups is 1. The second kappa shape index (κ2) is 6.23. The molecule has 1 unspecified atom stereocenters. The Morgan fingerprint density at radius 2 is 2.38 bits per heavy atom. The number of nitrogens with two attached hydrogens (primary N) is 1. The van der Waals surface area contributed by atoms with Crippen LogP contribution in [0, 0.1) is 6.92 Å². The topological polar surface area (TPSA) is 68.0 Å². The van der Waals surface area contributed by atoms with Gasteiger partial charge in [0.1, 0.15) is 0 Å². The number of nitrogens with one attached hydrogen (secondary N) is 1. The Bertz CT molecular complexity index is 352. The smallest absolute Gasteiger partial charge is 0.253 e. The van der Waals surface area contributed by atoms with Gasteiger partial charge in [0.05, 0.1) is 5.56 Å². The van der Waals surface area contributed by atoms with Crippen molar-refractivity contribution in [3.63, 3.8) is 0 Å². The number of hydrogen-bond donors (Lipinski definition) is 2. The van der Waals surface area contributed by atoms with Crippen molar-refractivity contribution in [1.82, 2.24) is 10.3 Å². The molecule has 1 heterocycles. The Labute approximate surface area is 96.3 Å². The molecule has 4 nitrogen and oxygen atoms in total. The number of aryl methyl sites for hydroxylation is 1. The molecule has 0 aliphatic carbocycles. The van der Waals surface area contributed by atoms with Crippen molar-refractivity contribution in [2.45, 2.75) is 32.7 Å². The highest BCUT2D eigenvalue weighted by molar-refractivity contribution is 5.95. The molecule has 1 aromatic rings. The van der Waals surface area contributed by atoms with Crippen LogP contribution < -0.4 is 11.1 Å². The first-order valence-electron chi connectivity index (χ1n) is 5.57. The van der Waals surface area contributed by atoms with Gasteiger partial charge in [-0.25, -0.2) is 0 Å². The second-order valence-corrected chi connectivity index (χ2v) is 3.94. The predicted molar refractivity (Wildman–Crippen MR) is 64.2 cm³/mol. The molecule has 0 spiro atoms. The van der Waals surface area contributed by atoms with E-state index in [2.05, 4.69) is 10.3 Å². The molecule has 0 saturated heterocycles. The maximum atomic E-state index is 11.9. The summed E-state index contributed by atoms with van der Waals surface area (Å²) in [4.78, 5) is 15.9. The van der Waals surface area contributed by atoms with Crippen LogP contribution in [0.1, 0.15) is 35.8 Å². The summed E-state index contributed by atoms with van der Waals surface area (Å²) < 4.78 is 0. The van der Waals surface area contributed by atoms with Gasteiger partial charge in [-0.2, -0.15) is 0 Å². The quantitative estimate of drug-likeness (QED) is 0.786. The first-order chi connectivity index (χ1) is 7.65. The van der Waals surface area contributed by atoms with Crippen molar-refractivity contribution in [1.29, 1.82) is 0 Å². The Hall–Kier alpha value is -1.42. The Kier molecular flexibility index (Phi) is 4.92. The molecule has 0 bridgehead atoms. The molecule has 1 rings (SSSR count). The molecule has 4 heteroatoms. The maximum absolute atomic E-state index is 11.9. The summed E-state index contributed by atoms with van der Waals surface area (Å²) in [6.45, 7) is 4.48. The highest BCUT2D eigenvalue weighted by Gasteiger charge is 2.11. The van der Waals surface area contributed by atoms with Crippen LogP contribution in [0.5, 0.6) is 0 Å². The van der Waals surface area contributed by atoms with Crippen LogP contribution in [0.4, 0.5) is 0 Å². The van der Waals surface area contributed by atoms with Crippen molar-refractivity contribution in [2.75, 3.05) is 6.54 Å². The minimum Gasteiger partial charge on any atom is -0.350 e. The minimum atomic E-state index is -0.0601. The summed E-state index contributed by atoms with van der Waals surface area (Å²) in [6.07, 6.45) is 3.51. The van der Waals surface area contributed by atoms with Gasteiger partial charge in [-0.15, -0.1) is 0 Å². The van der Waals surface area contributed by atoms with E-state index in [0.29, 0.717) is 12.1 Å². The number of hydrogen-bond acceptors (Lipinski definition) is 3. The lowest BCUT2D eigenvalue weighted by atomic mass is 10.1. The molecule has 0 saturated carbocycles. The van der Waals surface area contributed by atoms with E-state index < -0.39 is 0 Å². The average Bonchev–Trinajstić information content (AvgIpc) is 2.26. The van der Waals surface area contributed by atoms with Crippen LogP contribution in [-0.2, 0) is 0 Å². The summed E-state index contributed by atoms with van der Waals surface area (Å²) in [5, 5.41) is 2.94. The predicted octanol–water partition coefficient (Wildman–Crippen LogP) is 1.25. The van der Waals surface area contributed by atoms with Crippen molar-refractivity contribution in [2.24, 2.45) is 5.73 Å². The fourth-order valence-electron chi connectivity index (χ4n) is 1.52. The van der Waals surface area contributed by atoms with Crippen LogP contribution in [0.15, 0.2) is 18.3 Å². The Morgan fingerprint density at radius 3 is 3.00 bits per heavy atom. The molecule has 0 radical (unpaired) electrons. The minimum absolute atomic E-state index is 0.0601. The lowest BCUT2D eigenvalue weighted by Gasteiger charge is -2.13. The van der Waals surface area contributed by atoms with Gasteiger partial charge in [0.25, 0.3) is 5.91 Å². The van der Waals surface area contributed by atoms with Gasteiger partial charge in [0.15, 0.2) is 0 Å². The summed E-state index contributed by atoms with van der Waals surface area (Å²) in [5.74, 6) is -0.0601. The maximum Gasteiger partial charge on any atom is 0.253 e. The van der Waals surface area contributed by atoms with Gasteiger partial charge in [-0.05, 0) is 45.4 Å². The van der Waals surface area contributed by atoms with E-state index in [9.17, 15) is 4.79 Å². The summed E-state index contributed by atoms with van der Waals surface area (Å²) in [5.41, 5.74) is 6.82. The van der Waals surface area contributed by atoms with E-state index in [1.807, 2.05) is 13.8 Å². The number of pyridine rings is 1. The number of rotatable bonds is 5. The highest BCUT2D eigenvalue weighted by atomic mass is 16.1. The van der Waals surface area contributed by atoms with Gasteiger partial charge in [0.2, 0.25) is 0 Å². The third-order valence-electron chi connectivity index (χ3n) is 2.47. The molecule has 1 aromatic heterocycles. The molecule has 0 aliphatic heterocycles. The lowest BCUT2D eigenvalue weighted by Crippen LogP contribution is -2.33. The zero-order valence-electron chi connectivity index (χ0n) is 9.86. The summed E-state index contributed by atoms with van der Waals surface area (Å²) >= 11 is 0. The van der Waals surface area contributed by atoms with Crippen molar-refractivity contribution < 1.29 is 4.79 Å². The van der Waals surface area contributed by atoms with Gasteiger partial charge in [-0.3, -0.25) is 9.78 Å². The third kappa shape index (κ3) is 3.62. The molecule has 3 N–H and O–H groups in total. The molecule has 0 aromatic carbocycles. The van der Waals surface area contributed by atoms with Crippen LogP contribution in [-0.4, -0.2) is 23.5 Å². The fourth-order valence-corrected chi connectivity index (χ4v) is 1.52. The van der Waals surface area contributed by atoms with E-state index in [1.54, 1.807) is 18.3 Å². The SMILES string of the molecule is Cc1ncccc1C(=O)NC(C)CCCN. The summed E-state index contributed by atoms with van der Waals surface area (Å²) in [6, 6.07) is 3.70. The number of aromatic nitrogens is 1. The third-order valence-corrected chi connectivity index (χ3v) is 2.47. The summed E-state index contributed by atoms with van der Waals surface area (Å²) in [7, 11) is 0. The molecular weight excluding hydrogens is 202 g/mol. The van der Waals surface area contributed by atoms with Crippen molar-refractivity contribution >= 4 is 5.91 Å². The molecule has 0 aliphatic rings. The fraction of sp³-hybridized carbons (Fsp3) is 0.500. The van der Waals surface area contributed by atoms with Crippen LogP contribution >= 0.6 is 0 Å². The first kappa shape index (κ1) is 12.6. The van der Waals surface area contributed by atoms with E-state index in [-0.39, 0.29) is 11.9 Å². The van der Waals surface area contributed by atoms with Crippen molar-refractivity contribution in [3.05, 3.63) is 29.6 Å². The van der Waals surface area contributed by atoms with Gasteiger partial charge in [0, 0.05) is 17.9 Å². The van der Waals surface area contributed by atoms with Crippen LogP contribution in [0.25, 0.3) is 0 Å². The van der Waals surface area contributed by atoms with E-state index in [4.69, 9.17) is 5.73 Å². The standard InChI is InChI=1S/C12H19N3O/c1-9(5-3-7-13)15-12(16)11-6-4-8-14-10(11)2/h4,6,8-9H,3,5,7,13H2,1-2H3,(H,15,16). The molecule has 88 valence electrons. The molecule has 1 amide bonds. The largest absolute Gasteiger partial charge is 0.350 e. The molecule has 0 fully saturated rings. The van der Waals surface area contributed by atoms with E-state index in [0.717, 1.165) is 18.5 Å². The monoisotopic (exact) mass is 221 g/mol. The number of amides is 1. The van der Waals surface area contributed by atoms with Crippen LogP contribution in [0.3, 0.4) is 0 Å². The van der Waals surface area contributed by atoms with Gasteiger partial charge < -0.3 is 11.1 Å². The second-order valence-electron chi connectivity index (χ2n) is 3.94. The van der Waals surface area contributed by atoms with Crippen LogP contribution in [0.2, 0.25) is 0 Å². The van der Waals surface area contributed by atoms with E-state index in [1.165, 1.54) is 0 Å².